The van der Waals surface area contributed by atoms with Crippen molar-refractivity contribution in [2.45, 2.75) is 13.0 Å². The summed E-state index contributed by atoms with van der Waals surface area (Å²) in [5.74, 6) is 0.365. The Balaban J connectivity index is 2.48. The molecule has 0 aromatic heterocycles. The zero-order valence-electron chi connectivity index (χ0n) is 9.83. The molecule has 1 rings (SSSR count). The van der Waals surface area contributed by atoms with Crippen molar-refractivity contribution in [3.63, 3.8) is 0 Å². The molecule has 0 atom stereocenters. The van der Waals surface area contributed by atoms with E-state index < -0.39 is 0 Å². The summed E-state index contributed by atoms with van der Waals surface area (Å²) in [5, 5.41) is 12.8. The van der Waals surface area contributed by atoms with Crippen LogP contribution in [-0.2, 0) is 6.54 Å². The Morgan fingerprint density at radius 1 is 1.44 bits per heavy atom. The highest BCUT2D eigenvalue weighted by Gasteiger charge is 2.05. The van der Waals surface area contributed by atoms with Gasteiger partial charge in [0.05, 0.1) is 0 Å². The largest absolute Gasteiger partial charge is 0.508 e. The number of hydrogen-bond acceptors (Lipinski definition) is 3. The lowest BCUT2D eigenvalue weighted by Crippen LogP contribution is -2.22. The highest BCUT2D eigenvalue weighted by Crippen LogP contribution is 2.22. The Morgan fingerprint density at radius 2 is 2.19 bits per heavy atom. The molecule has 0 heterocycles. The molecule has 2 N–H and O–H groups in total. The van der Waals surface area contributed by atoms with Crippen molar-refractivity contribution < 1.29 is 5.11 Å². The second-order valence-electron chi connectivity index (χ2n) is 3.97. The van der Waals surface area contributed by atoms with Crippen LogP contribution < -0.4 is 5.32 Å². The minimum Gasteiger partial charge on any atom is -0.508 e. The van der Waals surface area contributed by atoms with E-state index in [4.69, 9.17) is 0 Å². The van der Waals surface area contributed by atoms with Crippen LogP contribution in [0.1, 0.15) is 12.0 Å². The van der Waals surface area contributed by atoms with Gasteiger partial charge in [0.1, 0.15) is 5.75 Å². The van der Waals surface area contributed by atoms with Crippen LogP contribution in [0.25, 0.3) is 0 Å². The molecule has 0 bridgehead atoms. The number of nitrogens with one attached hydrogen (secondary N) is 1. The average molecular weight is 287 g/mol. The third-order valence-corrected chi connectivity index (χ3v) is 2.94. The van der Waals surface area contributed by atoms with E-state index in [0.717, 1.165) is 36.1 Å². The molecule has 4 heteroatoms. The Bertz CT molecular complexity index is 331. The molecule has 0 unspecified atom stereocenters. The standard InChI is InChI=1S/C12H19BrN2O/c1-14-6-3-7-15(2)9-10-8-11(13)4-5-12(10)16/h4-5,8,14,16H,3,6-7,9H2,1-2H3. The third-order valence-electron chi connectivity index (χ3n) is 2.45. The molecule has 0 saturated carbocycles. The second-order valence-corrected chi connectivity index (χ2v) is 4.88. The normalized spacial score (nSPS) is 11.0. The number of nitrogens with zero attached hydrogens (tertiary/aromatic N) is 1. The molecule has 3 nitrogen and oxygen atoms in total. The number of halogens is 1. The van der Waals surface area contributed by atoms with Crippen LogP contribution in [0.3, 0.4) is 0 Å². The monoisotopic (exact) mass is 286 g/mol. The van der Waals surface area contributed by atoms with Gasteiger partial charge in [-0.3, -0.25) is 0 Å². The van der Waals surface area contributed by atoms with Crippen molar-refractivity contribution in [1.82, 2.24) is 10.2 Å². The molecule has 16 heavy (non-hydrogen) atoms. The van der Waals surface area contributed by atoms with Crippen LogP contribution in [0, 0.1) is 0 Å². The lowest BCUT2D eigenvalue weighted by Gasteiger charge is -2.17. The molecule has 0 radical (unpaired) electrons. The zero-order chi connectivity index (χ0) is 12.0. The van der Waals surface area contributed by atoms with E-state index in [-0.39, 0.29) is 0 Å². The van der Waals surface area contributed by atoms with Gasteiger partial charge in [-0.1, -0.05) is 15.9 Å². The molecular formula is C12H19BrN2O. The fraction of sp³-hybridized carbons (Fsp3) is 0.500. The first kappa shape index (κ1) is 13.5. The van der Waals surface area contributed by atoms with E-state index >= 15 is 0 Å². The number of phenols is 1. The summed E-state index contributed by atoms with van der Waals surface area (Å²) in [6.45, 7) is 2.82. The van der Waals surface area contributed by atoms with Gasteiger partial charge in [-0.2, -0.15) is 0 Å². The summed E-state index contributed by atoms with van der Waals surface area (Å²) >= 11 is 3.41. The van der Waals surface area contributed by atoms with Crippen LogP contribution in [0.15, 0.2) is 22.7 Å². The maximum atomic E-state index is 9.70. The molecule has 0 aliphatic heterocycles. The van der Waals surface area contributed by atoms with Gasteiger partial charge in [0.15, 0.2) is 0 Å². The van der Waals surface area contributed by atoms with Gasteiger partial charge in [0, 0.05) is 16.6 Å². The number of aromatic hydroxyl groups is 1. The molecule has 0 saturated heterocycles. The highest BCUT2D eigenvalue weighted by molar-refractivity contribution is 9.10. The minimum absolute atomic E-state index is 0.365. The molecule has 0 spiro atoms. The van der Waals surface area contributed by atoms with Crippen LogP contribution in [-0.4, -0.2) is 37.2 Å². The molecule has 1 aromatic rings. The smallest absolute Gasteiger partial charge is 0.120 e. The van der Waals surface area contributed by atoms with Crippen molar-refractivity contribution in [3.05, 3.63) is 28.2 Å². The molecular weight excluding hydrogens is 268 g/mol. The van der Waals surface area contributed by atoms with E-state index in [9.17, 15) is 5.11 Å². The SMILES string of the molecule is CNCCCN(C)Cc1cc(Br)ccc1O. The van der Waals surface area contributed by atoms with Gasteiger partial charge >= 0.3 is 0 Å². The van der Waals surface area contributed by atoms with Gasteiger partial charge in [0.25, 0.3) is 0 Å². The minimum atomic E-state index is 0.365. The fourth-order valence-corrected chi connectivity index (χ4v) is 1.98. The number of benzene rings is 1. The van der Waals surface area contributed by atoms with Crippen LogP contribution in [0.2, 0.25) is 0 Å². The summed E-state index contributed by atoms with van der Waals surface area (Å²) in [6, 6.07) is 5.53. The summed E-state index contributed by atoms with van der Waals surface area (Å²) in [4.78, 5) is 2.21. The Labute approximate surface area is 106 Å². The fourth-order valence-electron chi connectivity index (χ4n) is 1.58. The van der Waals surface area contributed by atoms with E-state index in [2.05, 4.69) is 33.2 Å². The average Bonchev–Trinajstić information content (AvgIpc) is 2.24. The van der Waals surface area contributed by atoms with Crippen molar-refractivity contribution in [2.75, 3.05) is 27.2 Å². The first-order valence-corrected chi connectivity index (χ1v) is 6.23. The molecule has 90 valence electrons. The predicted molar refractivity (Wildman–Crippen MR) is 70.7 cm³/mol. The number of rotatable bonds is 6. The number of phenolic OH excluding ortho intramolecular Hbond substituents is 1. The van der Waals surface area contributed by atoms with Crippen LogP contribution >= 0.6 is 15.9 Å². The van der Waals surface area contributed by atoms with Crippen molar-refractivity contribution >= 4 is 15.9 Å². The lowest BCUT2D eigenvalue weighted by molar-refractivity contribution is 0.315. The van der Waals surface area contributed by atoms with E-state index in [1.54, 1.807) is 6.07 Å². The Kier molecular flexibility index (Phi) is 5.80. The zero-order valence-corrected chi connectivity index (χ0v) is 11.4. The molecule has 0 aliphatic carbocycles. The molecule has 0 aliphatic rings. The summed E-state index contributed by atoms with van der Waals surface area (Å²) in [7, 11) is 4.02. The Hall–Kier alpha value is -0.580. The lowest BCUT2D eigenvalue weighted by atomic mass is 10.2. The first-order chi connectivity index (χ1) is 7.63. The van der Waals surface area contributed by atoms with Gasteiger partial charge in [0.2, 0.25) is 0 Å². The van der Waals surface area contributed by atoms with E-state index in [1.807, 2.05) is 19.2 Å². The topological polar surface area (TPSA) is 35.5 Å². The van der Waals surface area contributed by atoms with E-state index in [0.29, 0.717) is 5.75 Å². The maximum Gasteiger partial charge on any atom is 0.120 e. The number of hydrogen-bond donors (Lipinski definition) is 2. The van der Waals surface area contributed by atoms with Crippen LogP contribution in [0.5, 0.6) is 5.75 Å². The molecule has 0 amide bonds. The summed E-state index contributed by atoms with van der Waals surface area (Å²) in [6.07, 6.45) is 1.11. The quantitative estimate of drug-likeness (QED) is 0.787. The van der Waals surface area contributed by atoms with Crippen molar-refractivity contribution in [2.24, 2.45) is 0 Å². The van der Waals surface area contributed by atoms with Gasteiger partial charge in [-0.25, -0.2) is 0 Å². The van der Waals surface area contributed by atoms with Crippen LogP contribution in [0.4, 0.5) is 0 Å². The molecule has 0 fully saturated rings. The van der Waals surface area contributed by atoms with Gasteiger partial charge in [-0.05, 0) is 51.8 Å². The summed E-state index contributed by atoms with van der Waals surface area (Å²) in [5.41, 5.74) is 0.960. The van der Waals surface area contributed by atoms with Crippen molar-refractivity contribution in [3.8, 4) is 5.75 Å². The van der Waals surface area contributed by atoms with Crippen molar-refractivity contribution in [1.29, 1.82) is 0 Å². The third kappa shape index (κ3) is 4.51. The first-order valence-electron chi connectivity index (χ1n) is 5.44. The van der Waals surface area contributed by atoms with Gasteiger partial charge in [-0.15, -0.1) is 0 Å². The molecule has 1 aromatic carbocycles. The highest BCUT2D eigenvalue weighted by atomic mass is 79.9. The maximum absolute atomic E-state index is 9.70. The predicted octanol–water partition coefficient (Wildman–Crippen LogP) is 2.20. The summed E-state index contributed by atoms with van der Waals surface area (Å²) < 4.78 is 1.00. The Morgan fingerprint density at radius 3 is 2.88 bits per heavy atom. The van der Waals surface area contributed by atoms with E-state index in [1.165, 1.54) is 0 Å². The second kappa shape index (κ2) is 6.89. The van der Waals surface area contributed by atoms with Gasteiger partial charge < -0.3 is 15.3 Å².